The Morgan fingerprint density at radius 1 is 0.714 bits per heavy atom. The Balaban J connectivity index is 1.21. The van der Waals surface area contributed by atoms with Gasteiger partial charge in [-0.1, -0.05) is 36.4 Å². The molecule has 4 rings (SSSR count). The topological polar surface area (TPSA) is 84.0 Å². The standard InChI is InChI=1S/C20H18N4O2S2/c25-19(17-13-7-1-3-9-15(13)23-27-17)21-11-5-6-12-22-20(26)18-14-8-2-4-10-16(14)24-28-18/h1-4,7-10H,5-6,11-12H2,(H,21,25)(H,22,26). The van der Waals surface area contributed by atoms with Gasteiger partial charge >= 0.3 is 0 Å². The van der Waals surface area contributed by atoms with Crippen molar-refractivity contribution in [2.24, 2.45) is 0 Å². The van der Waals surface area contributed by atoms with Crippen LogP contribution in [0.5, 0.6) is 0 Å². The maximum Gasteiger partial charge on any atom is 0.263 e. The van der Waals surface area contributed by atoms with Crippen LogP contribution >= 0.6 is 23.1 Å². The molecule has 0 saturated carbocycles. The van der Waals surface area contributed by atoms with Gasteiger partial charge in [-0.05, 0) is 48.0 Å². The molecule has 2 heterocycles. The molecule has 0 aliphatic heterocycles. The molecular formula is C20H18N4O2S2. The van der Waals surface area contributed by atoms with E-state index in [2.05, 4.69) is 19.4 Å². The number of benzene rings is 2. The summed E-state index contributed by atoms with van der Waals surface area (Å²) in [6.07, 6.45) is 1.57. The van der Waals surface area contributed by atoms with Crippen LogP contribution in [0.25, 0.3) is 21.8 Å². The van der Waals surface area contributed by atoms with Crippen LogP contribution in [-0.4, -0.2) is 33.7 Å². The van der Waals surface area contributed by atoms with E-state index in [1.165, 1.54) is 23.1 Å². The van der Waals surface area contributed by atoms with E-state index < -0.39 is 0 Å². The van der Waals surface area contributed by atoms with Crippen LogP contribution in [0.4, 0.5) is 0 Å². The van der Waals surface area contributed by atoms with Crippen molar-refractivity contribution < 1.29 is 9.59 Å². The van der Waals surface area contributed by atoms with Gasteiger partial charge in [0.05, 0.1) is 11.0 Å². The van der Waals surface area contributed by atoms with Gasteiger partial charge in [0.1, 0.15) is 9.75 Å². The highest BCUT2D eigenvalue weighted by Crippen LogP contribution is 2.22. The summed E-state index contributed by atoms with van der Waals surface area (Å²) in [5, 5.41) is 7.62. The first-order valence-corrected chi connectivity index (χ1v) is 10.5. The smallest absolute Gasteiger partial charge is 0.263 e. The lowest BCUT2D eigenvalue weighted by atomic mass is 10.2. The Bertz CT molecular complexity index is 1050. The van der Waals surface area contributed by atoms with Crippen molar-refractivity contribution in [1.29, 1.82) is 0 Å². The van der Waals surface area contributed by atoms with Gasteiger partial charge in [-0.25, -0.2) is 0 Å². The summed E-state index contributed by atoms with van der Waals surface area (Å²) in [6, 6.07) is 15.2. The molecule has 28 heavy (non-hydrogen) atoms. The van der Waals surface area contributed by atoms with Gasteiger partial charge < -0.3 is 10.6 Å². The second-order valence-electron chi connectivity index (χ2n) is 6.28. The first-order valence-electron chi connectivity index (χ1n) is 8.99. The van der Waals surface area contributed by atoms with E-state index in [0.717, 1.165) is 34.6 Å². The molecule has 0 radical (unpaired) electrons. The third kappa shape index (κ3) is 3.88. The van der Waals surface area contributed by atoms with E-state index in [0.29, 0.717) is 22.8 Å². The Kier molecular flexibility index (Phi) is 5.59. The normalized spacial score (nSPS) is 11.0. The number of nitrogens with one attached hydrogen (secondary N) is 2. The number of carbonyl (C=O) groups excluding carboxylic acids is 2. The molecule has 0 unspecified atom stereocenters. The summed E-state index contributed by atoms with van der Waals surface area (Å²) in [6.45, 7) is 1.12. The first-order chi connectivity index (χ1) is 13.7. The van der Waals surface area contributed by atoms with Gasteiger partial charge in [-0.2, -0.15) is 8.75 Å². The van der Waals surface area contributed by atoms with E-state index in [4.69, 9.17) is 0 Å². The molecule has 0 aliphatic rings. The lowest BCUT2D eigenvalue weighted by molar-refractivity contribution is 0.0945. The molecule has 8 heteroatoms. The molecule has 0 saturated heterocycles. The summed E-state index contributed by atoms with van der Waals surface area (Å²) in [7, 11) is 0. The van der Waals surface area contributed by atoms with Gasteiger partial charge in [0.15, 0.2) is 0 Å². The highest BCUT2D eigenvalue weighted by atomic mass is 32.1. The highest BCUT2D eigenvalue weighted by molar-refractivity contribution is 7.09. The second kappa shape index (κ2) is 8.45. The van der Waals surface area contributed by atoms with Crippen LogP contribution < -0.4 is 10.6 Å². The molecule has 0 aliphatic carbocycles. The van der Waals surface area contributed by atoms with Gasteiger partial charge in [0, 0.05) is 23.9 Å². The lowest BCUT2D eigenvalue weighted by Crippen LogP contribution is -2.26. The van der Waals surface area contributed by atoms with Gasteiger partial charge in [-0.3, -0.25) is 9.59 Å². The number of carbonyl (C=O) groups is 2. The summed E-state index contributed by atoms with van der Waals surface area (Å²) in [5.74, 6) is -0.197. The predicted octanol–water partition coefficient (Wildman–Crippen LogP) is 3.85. The van der Waals surface area contributed by atoms with Gasteiger partial charge in [-0.15, -0.1) is 0 Å². The summed E-state index contributed by atoms with van der Waals surface area (Å²) < 4.78 is 8.58. The minimum atomic E-state index is -0.0983. The molecule has 0 fully saturated rings. The molecule has 2 aromatic heterocycles. The number of nitrogens with zero attached hydrogens (tertiary/aromatic N) is 2. The zero-order valence-corrected chi connectivity index (χ0v) is 16.6. The molecule has 6 nitrogen and oxygen atoms in total. The number of hydrogen-bond donors (Lipinski definition) is 2. The molecule has 0 atom stereocenters. The quantitative estimate of drug-likeness (QED) is 0.453. The number of amides is 2. The van der Waals surface area contributed by atoms with E-state index in [-0.39, 0.29) is 11.8 Å². The number of fused-ring (bicyclic) bond motifs is 2. The van der Waals surface area contributed by atoms with E-state index in [9.17, 15) is 9.59 Å². The zero-order chi connectivity index (χ0) is 19.3. The molecule has 0 spiro atoms. The van der Waals surface area contributed by atoms with Crippen molar-refractivity contribution in [3.8, 4) is 0 Å². The molecular weight excluding hydrogens is 392 g/mol. The Hall–Kier alpha value is -2.84. The maximum absolute atomic E-state index is 12.3. The number of hydrogen-bond acceptors (Lipinski definition) is 6. The van der Waals surface area contributed by atoms with Gasteiger partial charge in [0.2, 0.25) is 0 Å². The number of rotatable bonds is 7. The summed E-state index contributed by atoms with van der Waals surface area (Å²) in [4.78, 5) is 25.9. The van der Waals surface area contributed by atoms with E-state index in [1.807, 2.05) is 48.5 Å². The number of aromatic nitrogens is 2. The number of unbranched alkanes of at least 4 members (excludes halogenated alkanes) is 1. The van der Waals surface area contributed by atoms with Crippen LogP contribution in [0.15, 0.2) is 48.5 Å². The maximum atomic E-state index is 12.3. The van der Waals surface area contributed by atoms with Crippen molar-refractivity contribution in [2.45, 2.75) is 12.8 Å². The third-order valence-corrected chi connectivity index (χ3v) is 6.11. The molecule has 2 aromatic carbocycles. The van der Waals surface area contributed by atoms with Crippen molar-refractivity contribution in [3.63, 3.8) is 0 Å². The van der Waals surface area contributed by atoms with Crippen LogP contribution in [0.1, 0.15) is 32.2 Å². The van der Waals surface area contributed by atoms with Crippen molar-refractivity contribution >= 4 is 56.7 Å². The molecule has 2 amide bonds. The summed E-state index contributed by atoms with van der Waals surface area (Å²) >= 11 is 2.44. The fraction of sp³-hybridized carbons (Fsp3) is 0.200. The minimum absolute atomic E-state index is 0.0983. The van der Waals surface area contributed by atoms with Crippen LogP contribution in [0, 0.1) is 0 Å². The minimum Gasteiger partial charge on any atom is -0.351 e. The van der Waals surface area contributed by atoms with Crippen LogP contribution in [-0.2, 0) is 0 Å². The SMILES string of the molecule is O=C(NCCCCNC(=O)c1snc2ccccc12)c1snc2ccccc12. The average molecular weight is 411 g/mol. The Morgan fingerprint density at radius 3 is 1.61 bits per heavy atom. The first kappa shape index (κ1) is 18.5. The molecule has 0 bridgehead atoms. The Morgan fingerprint density at radius 2 is 1.14 bits per heavy atom. The predicted molar refractivity (Wildman–Crippen MR) is 113 cm³/mol. The van der Waals surface area contributed by atoms with Crippen molar-refractivity contribution in [3.05, 3.63) is 58.3 Å². The largest absolute Gasteiger partial charge is 0.351 e. The Labute approximate surface area is 169 Å². The monoisotopic (exact) mass is 410 g/mol. The summed E-state index contributed by atoms with van der Waals surface area (Å²) in [5.41, 5.74) is 1.69. The van der Waals surface area contributed by atoms with Crippen LogP contribution in [0.2, 0.25) is 0 Å². The average Bonchev–Trinajstić information content (AvgIpc) is 3.34. The van der Waals surface area contributed by atoms with Crippen molar-refractivity contribution in [2.75, 3.05) is 13.1 Å². The molecule has 2 N–H and O–H groups in total. The zero-order valence-electron chi connectivity index (χ0n) is 15.0. The van der Waals surface area contributed by atoms with Gasteiger partial charge in [0.25, 0.3) is 11.8 Å². The highest BCUT2D eigenvalue weighted by Gasteiger charge is 2.14. The fourth-order valence-electron chi connectivity index (χ4n) is 2.92. The fourth-order valence-corrected chi connectivity index (χ4v) is 4.47. The molecule has 142 valence electrons. The van der Waals surface area contributed by atoms with E-state index >= 15 is 0 Å². The van der Waals surface area contributed by atoms with E-state index in [1.54, 1.807) is 0 Å². The third-order valence-electron chi connectivity index (χ3n) is 4.36. The lowest BCUT2D eigenvalue weighted by Gasteiger charge is -2.05. The molecule has 4 aromatic rings. The van der Waals surface area contributed by atoms with Crippen LogP contribution in [0.3, 0.4) is 0 Å². The second-order valence-corrected chi connectivity index (χ2v) is 7.82. The van der Waals surface area contributed by atoms with Crippen molar-refractivity contribution in [1.82, 2.24) is 19.4 Å².